The lowest BCUT2D eigenvalue weighted by molar-refractivity contribution is -0.255. The monoisotopic (exact) mass is 391 g/mol. The van der Waals surface area contributed by atoms with Gasteiger partial charge >= 0.3 is 0 Å². The molecule has 156 valence electrons. The van der Waals surface area contributed by atoms with Crippen LogP contribution in [0.4, 0.5) is 0 Å². The predicted octanol–water partition coefficient (Wildman–Crippen LogP) is 6.52. The van der Waals surface area contributed by atoms with Gasteiger partial charge in [-0.05, 0) is 72.6 Å². The summed E-state index contributed by atoms with van der Waals surface area (Å²) in [6.45, 7) is 4.48. The molecule has 1 saturated carbocycles. The molecule has 3 rings (SSSR count). The molecular weight excluding hydrogens is 356 g/mol. The van der Waals surface area contributed by atoms with Crippen molar-refractivity contribution in [2.24, 2.45) is 5.92 Å². The maximum atomic E-state index is 11.9. The minimum atomic E-state index is -1.05. The highest BCUT2D eigenvalue weighted by Gasteiger charge is 2.26. The van der Waals surface area contributed by atoms with Crippen LogP contribution in [0.2, 0.25) is 0 Å². The number of hydrogen-bond donors (Lipinski definition) is 0. The van der Waals surface area contributed by atoms with Gasteiger partial charge in [0, 0.05) is 5.56 Å². The highest BCUT2D eigenvalue weighted by Crippen LogP contribution is 2.42. The average molecular weight is 392 g/mol. The zero-order chi connectivity index (χ0) is 20.6. The number of aryl methyl sites for hydroxylation is 1. The first kappa shape index (κ1) is 21.6. The van der Waals surface area contributed by atoms with E-state index >= 15 is 0 Å². The first-order valence-electron chi connectivity index (χ1n) is 11.6. The quantitative estimate of drug-likeness (QED) is 0.456. The molecule has 1 aliphatic rings. The summed E-state index contributed by atoms with van der Waals surface area (Å²) in [5.41, 5.74) is 4.94. The van der Waals surface area contributed by atoms with Gasteiger partial charge in [0.15, 0.2) is 0 Å². The number of hydrogen-bond acceptors (Lipinski definition) is 2. The Morgan fingerprint density at radius 3 is 2.28 bits per heavy atom. The predicted molar refractivity (Wildman–Crippen MR) is 119 cm³/mol. The van der Waals surface area contributed by atoms with Crippen LogP contribution in [-0.2, 0) is 6.42 Å². The Hall–Kier alpha value is -2.09. The molecule has 1 aliphatic carbocycles. The lowest BCUT2D eigenvalue weighted by Crippen LogP contribution is -2.26. The summed E-state index contributed by atoms with van der Waals surface area (Å²) in [7, 11) is 0. The number of carboxylic acids is 1. The van der Waals surface area contributed by atoms with Crippen molar-refractivity contribution in [3.05, 3.63) is 59.2 Å². The molecule has 0 amide bonds. The van der Waals surface area contributed by atoms with Crippen LogP contribution in [0.3, 0.4) is 0 Å². The second-order valence-electron chi connectivity index (χ2n) is 8.71. The lowest BCUT2D eigenvalue weighted by Gasteiger charge is -2.31. The lowest BCUT2D eigenvalue weighted by atomic mass is 9.74. The van der Waals surface area contributed by atoms with Gasteiger partial charge in [0.2, 0.25) is 0 Å². The Kier molecular flexibility index (Phi) is 7.91. The van der Waals surface area contributed by atoms with Crippen LogP contribution in [0.5, 0.6) is 0 Å². The molecule has 0 unspecified atom stereocenters. The van der Waals surface area contributed by atoms with Crippen molar-refractivity contribution >= 4 is 5.97 Å². The summed E-state index contributed by atoms with van der Waals surface area (Å²) in [5, 5.41) is 11.9. The number of carboxylic acid groups (broad SMARTS) is 1. The maximum absolute atomic E-state index is 11.9. The van der Waals surface area contributed by atoms with Gasteiger partial charge in [-0.1, -0.05) is 82.0 Å². The molecule has 0 bridgehead atoms. The van der Waals surface area contributed by atoms with E-state index in [9.17, 15) is 9.90 Å². The highest BCUT2D eigenvalue weighted by atomic mass is 16.4. The Morgan fingerprint density at radius 2 is 1.66 bits per heavy atom. The molecule has 0 radical (unpaired) electrons. The zero-order valence-corrected chi connectivity index (χ0v) is 18.1. The fraction of sp³-hybridized carbons (Fsp3) is 0.519. The molecular formula is C27H35O2-. The van der Waals surface area contributed by atoms with E-state index in [1.54, 1.807) is 6.07 Å². The van der Waals surface area contributed by atoms with Crippen molar-refractivity contribution in [1.82, 2.24) is 0 Å². The standard InChI is InChI=1S/C27H36O2/c1-3-5-6-9-21-12-16-22(17-13-21)24-10-7-11-25(27(28)29)26(24)23-18-14-20(8-4-2)15-19-23/h7,10-13,16-17,20,23H,3-6,8-9,14-15,18-19H2,1-2H3,(H,28,29)/p-1. The highest BCUT2D eigenvalue weighted by molar-refractivity contribution is 5.91. The number of carbonyl (C=O) groups excluding carboxylic acids is 1. The van der Waals surface area contributed by atoms with Crippen LogP contribution in [0.1, 0.15) is 99.0 Å². The van der Waals surface area contributed by atoms with Crippen molar-refractivity contribution in [1.29, 1.82) is 0 Å². The minimum Gasteiger partial charge on any atom is -0.545 e. The van der Waals surface area contributed by atoms with Crippen molar-refractivity contribution < 1.29 is 9.90 Å². The Balaban J connectivity index is 1.87. The molecule has 0 aliphatic heterocycles. The summed E-state index contributed by atoms with van der Waals surface area (Å²) in [6, 6.07) is 14.4. The SMILES string of the molecule is CCCCCc1ccc(-c2cccc(C(=O)[O-])c2C2CCC(CCC)CC2)cc1. The van der Waals surface area contributed by atoms with Gasteiger partial charge in [0.1, 0.15) is 0 Å². The number of benzene rings is 2. The van der Waals surface area contributed by atoms with Gasteiger partial charge in [-0.25, -0.2) is 0 Å². The number of aromatic carboxylic acids is 1. The Morgan fingerprint density at radius 1 is 0.931 bits per heavy atom. The molecule has 2 nitrogen and oxygen atoms in total. The third-order valence-corrected chi connectivity index (χ3v) is 6.61. The fourth-order valence-electron chi connectivity index (χ4n) is 5.01. The normalized spacial score (nSPS) is 19.2. The van der Waals surface area contributed by atoms with Gasteiger partial charge in [0.25, 0.3) is 0 Å². The van der Waals surface area contributed by atoms with E-state index in [1.807, 2.05) is 6.07 Å². The first-order valence-corrected chi connectivity index (χ1v) is 11.6. The molecule has 2 heteroatoms. The van der Waals surface area contributed by atoms with Gasteiger partial charge in [-0.15, -0.1) is 0 Å². The van der Waals surface area contributed by atoms with Gasteiger partial charge in [0.05, 0.1) is 5.97 Å². The number of unbranched alkanes of at least 4 members (excludes halogenated alkanes) is 2. The fourth-order valence-corrected chi connectivity index (χ4v) is 5.01. The molecule has 0 heterocycles. The third kappa shape index (κ3) is 5.50. The maximum Gasteiger partial charge on any atom is 0.0718 e. The summed E-state index contributed by atoms with van der Waals surface area (Å²) < 4.78 is 0. The van der Waals surface area contributed by atoms with Crippen molar-refractivity contribution in [2.75, 3.05) is 0 Å². The van der Waals surface area contributed by atoms with Crippen molar-refractivity contribution in [2.45, 2.75) is 84.0 Å². The number of rotatable bonds is 9. The Labute approximate surface area is 176 Å². The van der Waals surface area contributed by atoms with Gasteiger partial charge in [-0.2, -0.15) is 0 Å². The molecule has 0 aromatic heterocycles. The molecule has 0 saturated heterocycles. The van der Waals surface area contributed by atoms with E-state index in [-0.39, 0.29) is 0 Å². The zero-order valence-electron chi connectivity index (χ0n) is 18.1. The van der Waals surface area contributed by atoms with E-state index in [1.165, 1.54) is 50.5 Å². The van der Waals surface area contributed by atoms with E-state index in [0.717, 1.165) is 41.9 Å². The summed E-state index contributed by atoms with van der Waals surface area (Å²) in [4.78, 5) is 11.9. The van der Waals surface area contributed by atoms with Crippen LogP contribution in [0.25, 0.3) is 11.1 Å². The topological polar surface area (TPSA) is 40.1 Å². The molecule has 1 fully saturated rings. The molecule has 2 aromatic rings. The van der Waals surface area contributed by atoms with Crippen LogP contribution in [-0.4, -0.2) is 5.97 Å². The second-order valence-corrected chi connectivity index (χ2v) is 8.71. The Bertz CT molecular complexity index is 783. The summed E-state index contributed by atoms with van der Waals surface area (Å²) in [6.07, 6.45) is 11.9. The van der Waals surface area contributed by atoms with E-state index in [4.69, 9.17) is 0 Å². The second kappa shape index (κ2) is 10.6. The van der Waals surface area contributed by atoms with Gasteiger partial charge < -0.3 is 9.90 Å². The number of carbonyl (C=O) groups is 1. The van der Waals surface area contributed by atoms with Crippen LogP contribution in [0, 0.1) is 5.92 Å². The molecule has 2 aromatic carbocycles. The van der Waals surface area contributed by atoms with E-state index in [2.05, 4.69) is 44.2 Å². The molecule has 29 heavy (non-hydrogen) atoms. The van der Waals surface area contributed by atoms with Crippen molar-refractivity contribution in [3.8, 4) is 11.1 Å². The molecule has 0 N–H and O–H groups in total. The van der Waals surface area contributed by atoms with Crippen LogP contribution < -0.4 is 5.11 Å². The summed E-state index contributed by atoms with van der Waals surface area (Å²) in [5.74, 6) is 0.0716. The first-order chi connectivity index (χ1) is 14.1. The molecule has 0 atom stereocenters. The smallest absolute Gasteiger partial charge is 0.0718 e. The van der Waals surface area contributed by atoms with E-state index in [0.29, 0.717) is 11.5 Å². The van der Waals surface area contributed by atoms with Gasteiger partial charge in [-0.3, -0.25) is 0 Å². The largest absolute Gasteiger partial charge is 0.545 e. The van der Waals surface area contributed by atoms with E-state index < -0.39 is 5.97 Å². The van der Waals surface area contributed by atoms with Crippen LogP contribution in [0.15, 0.2) is 42.5 Å². The summed E-state index contributed by atoms with van der Waals surface area (Å²) >= 11 is 0. The third-order valence-electron chi connectivity index (χ3n) is 6.61. The average Bonchev–Trinajstić information content (AvgIpc) is 2.75. The van der Waals surface area contributed by atoms with Crippen LogP contribution >= 0.6 is 0 Å². The minimum absolute atomic E-state index is 0.316. The van der Waals surface area contributed by atoms with Crippen molar-refractivity contribution in [3.63, 3.8) is 0 Å². The molecule has 0 spiro atoms.